The van der Waals surface area contributed by atoms with Crippen LogP contribution in [0, 0.1) is 0 Å². The van der Waals surface area contributed by atoms with Gasteiger partial charge in [0.25, 0.3) is 11.6 Å². The summed E-state index contributed by atoms with van der Waals surface area (Å²) in [6.45, 7) is 3.00. The lowest BCUT2D eigenvalue weighted by Crippen LogP contribution is -2.34. The van der Waals surface area contributed by atoms with Crippen LogP contribution in [0.3, 0.4) is 0 Å². The summed E-state index contributed by atoms with van der Waals surface area (Å²) in [5, 5.41) is 0. The Balaban J connectivity index is 2.20. The van der Waals surface area contributed by atoms with E-state index in [2.05, 4.69) is 16.5 Å². The Labute approximate surface area is 99.3 Å². The third kappa shape index (κ3) is 1.69. The highest BCUT2D eigenvalue weighted by atomic mass is 16.3. The van der Waals surface area contributed by atoms with Crippen LogP contribution < -0.4 is 4.57 Å². The number of hydrogen-bond acceptors (Lipinski definition) is 2. The van der Waals surface area contributed by atoms with Crippen LogP contribution in [0.5, 0.6) is 0 Å². The lowest BCUT2D eigenvalue weighted by atomic mass is 10.3. The van der Waals surface area contributed by atoms with Crippen molar-refractivity contribution in [1.29, 1.82) is 0 Å². The average Bonchev–Trinajstić information content (AvgIpc) is 2.82. The molecular formula is C14H13N2O+. The molecule has 2 heterocycles. The Bertz CT molecular complexity index is 625. The van der Waals surface area contributed by atoms with Gasteiger partial charge in [0.05, 0.1) is 0 Å². The van der Waals surface area contributed by atoms with Gasteiger partial charge in [0, 0.05) is 12.1 Å². The van der Waals surface area contributed by atoms with Crippen LogP contribution in [-0.2, 0) is 6.54 Å². The number of oxazole rings is 1. The fourth-order valence-electron chi connectivity index (χ4n) is 1.93. The molecule has 0 unspecified atom stereocenters. The predicted molar refractivity (Wildman–Crippen MR) is 65.3 cm³/mol. The van der Waals surface area contributed by atoms with Gasteiger partial charge in [0.15, 0.2) is 11.8 Å². The fourth-order valence-corrected chi connectivity index (χ4v) is 1.93. The third-order valence-electron chi connectivity index (χ3n) is 2.79. The second kappa shape index (κ2) is 4.01. The quantitative estimate of drug-likeness (QED) is 0.628. The van der Waals surface area contributed by atoms with Crippen LogP contribution in [0.2, 0.25) is 0 Å². The van der Waals surface area contributed by atoms with Crippen molar-refractivity contribution in [3.63, 3.8) is 0 Å². The second-order valence-corrected chi connectivity index (χ2v) is 3.86. The van der Waals surface area contributed by atoms with Gasteiger partial charge in [-0.1, -0.05) is 12.1 Å². The summed E-state index contributed by atoms with van der Waals surface area (Å²) in [6.07, 6.45) is 2.03. The Kier molecular flexibility index (Phi) is 2.37. The lowest BCUT2D eigenvalue weighted by molar-refractivity contribution is -0.683. The fraction of sp³-hybridized carbons (Fsp3) is 0.143. The van der Waals surface area contributed by atoms with Gasteiger partial charge in [-0.2, -0.15) is 4.57 Å². The van der Waals surface area contributed by atoms with Gasteiger partial charge < -0.3 is 4.42 Å². The minimum Gasteiger partial charge on any atom is -0.432 e. The molecule has 0 fully saturated rings. The molecule has 0 saturated heterocycles. The SMILES string of the molecule is CC[n+]1ccccc1-c1nc2ccccc2o1. The first-order chi connectivity index (χ1) is 8.38. The molecule has 0 amide bonds. The summed E-state index contributed by atoms with van der Waals surface area (Å²) in [5.74, 6) is 0.675. The van der Waals surface area contributed by atoms with E-state index in [1.807, 2.05) is 48.7 Å². The topological polar surface area (TPSA) is 29.9 Å². The summed E-state index contributed by atoms with van der Waals surface area (Å²) in [6, 6.07) is 13.8. The number of fused-ring (bicyclic) bond motifs is 1. The molecule has 1 aromatic carbocycles. The number of aromatic nitrogens is 2. The Hall–Kier alpha value is -2.16. The summed E-state index contributed by atoms with van der Waals surface area (Å²) in [4.78, 5) is 4.50. The largest absolute Gasteiger partial charge is 0.432 e. The summed E-state index contributed by atoms with van der Waals surface area (Å²) in [5.41, 5.74) is 2.73. The summed E-state index contributed by atoms with van der Waals surface area (Å²) >= 11 is 0. The van der Waals surface area contributed by atoms with E-state index in [1.54, 1.807) is 0 Å². The van der Waals surface area contributed by atoms with Gasteiger partial charge in [0.2, 0.25) is 0 Å². The van der Waals surface area contributed by atoms with Crippen molar-refractivity contribution in [2.45, 2.75) is 13.5 Å². The number of nitrogens with zero attached hydrogens (tertiary/aromatic N) is 2. The van der Waals surface area contributed by atoms with Crippen LogP contribution in [0.4, 0.5) is 0 Å². The Morgan fingerprint density at radius 3 is 2.76 bits per heavy atom. The molecular weight excluding hydrogens is 212 g/mol. The second-order valence-electron chi connectivity index (χ2n) is 3.86. The minimum absolute atomic E-state index is 0.675. The molecule has 17 heavy (non-hydrogen) atoms. The van der Waals surface area contributed by atoms with Gasteiger partial charge in [-0.05, 0) is 25.1 Å². The van der Waals surface area contributed by atoms with E-state index >= 15 is 0 Å². The summed E-state index contributed by atoms with van der Waals surface area (Å²) in [7, 11) is 0. The summed E-state index contributed by atoms with van der Waals surface area (Å²) < 4.78 is 7.88. The van der Waals surface area contributed by atoms with Crippen LogP contribution in [0.15, 0.2) is 53.1 Å². The van der Waals surface area contributed by atoms with E-state index < -0.39 is 0 Å². The average molecular weight is 225 g/mol. The molecule has 0 aliphatic heterocycles. The molecule has 2 aromatic heterocycles. The number of para-hydroxylation sites is 2. The molecule has 0 radical (unpaired) electrons. The van der Waals surface area contributed by atoms with Crippen molar-refractivity contribution in [3.8, 4) is 11.6 Å². The third-order valence-corrected chi connectivity index (χ3v) is 2.79. The van der Waals surface area contributed by atoms with Gasteiger partial charge >= 0.3 is 0 Å². The normalized spacial score (nSPS) is 10.9. The van der Waals surface area contributed by atoms with Crippen LogP contribution in [-0.4, -0.2) is 4.98 Å². The molecule has 0 aliphatic rings. The molecule has 0 saturated carbocycles. The van der Waals surface area contributed by atoms with Gasteiger partial charge in [-0.15, -0.1) is 0 Å². The maximum absolute atomic E-state index is 5.76. The molecule has 0 N–H and O–H groups in total. The Morgan fingerprint density at radius 2 is 1.94 bits per heavy atom. The highest BCUT2D eigenvalue weighted by molar-refractivity contribution is 5.74. The standard InChI is InChI=1S/C14H13N2O/c1-2-16-10-6-5-8-12(16)14-15-11-7-3-4-9-13(11)17-14/h3-10H,2H2,1H3/q+1. The minimum atomic E-state index is 0.675. The lowest BCUT2D eigenvalue weighted by Gasteiger charge is -1.96. The molecule has 3 rings (SSSR count). The maximum atomic E-state index is 5.76. The van der Waals surface area contributed by atoms with Crippen LogP contribution >= 0.6 is 0 Å². The molecule has 3 aromatic rings. The van der Waals surface area contributed by atoms with E-state index in [4.69, 9.17) is 4.42 Å². The highest BCUT2D eigenvalue weighted by Crippen LogP contribution is 2.21. The van der Waals surface area contributed by atoms with Crippen LogP contribution in [0.25, 0.3) is 22.7 Å². The molecule has 3 heteroatoms. The smallest absolute Gasteiger partial charge is 0.294 e. The molecule has 3 nitrogen and oxygen atoms in total. The predicted octanol–water partition coefficient (Wildman–Crippen LogP) is 2.80. The molecule has 0 bridgehead atoms. The molecule has 0 spiro atoms. The van der Waals surface area contributed by atoms with Crippen molar-refractivity contribution in [2.24, 2.45) is 0 Å². The number of hydrogen-bond donors (Lipinski definition) is 0. The molecule has 0 atom stereocenters. The molecule has 0 aliphatic carbocycles. The molecule has 84 valence electrons. The highest BCUT2D eigenvalue weighted by Gasteiger charge is 2.16. The van der Waals surface area contributed by atoms with Gasteiger partial charge in [-0.3, -0.25) is 0 Å². The monoisotopic (exact) mass is 225 g/mol. The van der Waals surface area contributed by atoms with E-state index in [-0.39, 0.29) is 0 Å². The number of pyridine rings is 1. The first-order valence-corrected chi connectivity index (χ1v) is 5.73. The number of aryl methyl sites for hydroxylation is 1. The Morgan fingerprint density at radius 1 is 1.12 bits per heavy atom. The van der Waals surface area contributed by atoms with Crippen molar-refractivity contribution in [2.75, 3.05) is 0 Å². The first-order valence-electron chi connectivity index (χ1n) is 5.73. The number of rotatable bonds is 2. The van der Waals surface area contributed by atoms with E-state index in [0.29, 0.717) is 5.89 Å². The van der Waals surface area contributed by atoms with Crippen molar-refractivity contribution < 1.29 is 8.98 Å². The number of benzene rings is 1. The van der Waals surface area contributed by atoms with Crippen molar-refractivity contribution >= 4 is 11.1 Å². The maximum Gasteiger partial charge on any atom is 0.294 e. The van der Waals surface area contributed by atoms with E-state index in [0.717, 1.165) is 23.3 Å². The zero-order valence-electron chi connectivity index (χ0n) is 9.63. The van der Waals surface area contributed by atoms with E-state index in [1.165, 1.54) is 0 Å². The van der Waals surface area contributed by atoms with E-state index in [9.17, 15) is 0 Å². The van der Waals surface area contributed by atoms with Crippen molar-refractivity contribution in [3.05, 3.63) is 48.7 Å². The van der Waals surface area contributed by atoms with Crippen LogP contribution in [0.1, 0.15) is 6.92 Å². The van der Waals surface area contributed by atoms with Gasteiger partial charge in [-0.25, -0.2) is 4.98 Å². The zero-order valence-corrected chi connectivity index (χ0v) is 9.63. The van der Waals surface area contributed by atoms with Crippen molar-refractivity contribution in [1.82, 2.24) is 4.98 Å². The van der Waals surface area contributed by atoms with Gasteiger partial charge in [0.1, 0.15) is 12.1 Å². The first kappa shape index (κ1) is 10.0. The zero-order chi connectivity index (χ0) is 11.7.